The maximum atomic E-state index is 12.3. The summed E-state index contributed by atoms with van der Waals surface area (Å²) in [6, 6.07) is 9.48. The average Bonchev–Trinajstić information content (AvgIpc) is 2.37. The third-order valence-corrected chi connectivity index (χ3v) is 3.45. The van der Waals surface area contributed by atoms with E-state index in [0.29, 0.717) is 6.42 Å². The molecule has 20 heavy (non-hydrogen) atoms. The fourth-order valence-corrected chi connectivity index (χ4v) is 2.30. The minimum absolute atomic E-state index is 0.182. The molecular weight excluding hydrogens is 252 g/mol. The monoisotopic (exact) mass is 276 g/mol. The topological polar surface area (TPSA) is 72.2 Å². The molecule has 0 heterocycles. The number of hydrogen-bond donors (Lipinski definition) is 2. The van der Waals surface area contributed by atoms with Gasteiger partial charge in [0.1, 0.15) is 5.54 Å². The SMILES string of the molecule is CC(C)C[C@](C)(NC(=O)[C@H](C)c1ccccc1)C(N)=O. The molecule has 0 radical (unpaired) electrons. The summed E-state index contributed by atoms with van der Waals surface area (Å²) in [7, 11) is 0. The highest BCUT2D eigenvalue weighted by molar-refractivity contribution is 5.92. The van der Waals surface area contributed by atoms with Gasteiger partial charge in [-0.2, -0.15) is 0 Å². The molecule has 0 saturated carbocycles. The highest BCUT2D eigenvalue weighted by Gasteiger charge is 2.34. The molecule has 1 aromatic rings. The molecule has 0 spiro atoms. The van der Waals surface area contributed by atoms with Crippen LogP contribution in [0.3, 0.4) is 0 Å². The molecule has 0 aliphatic carbocycles. The van der Waals surface area contributed by atoms with Gasteiger partial charge in [-0.05, 0) is 31.7 Å². The van der Waals surface area contributed by atoms with Crippen molar-refractivity contribution in [3.05, 3.63) is 35.9 Å². The number of carbonyl (C=O) groups is 2. The molecule has 1 rings (SSSR count). The largest absolute Gasteiger partial charge is 0.368 e. The maximum absolute atomic E-state index is 12.3. The maximum Gasteiger partial charge on any atom is 0.242 e. The van der Waals surface area contributed by atoms with Crippen LogP contribution in [0.15, 0.2) is 30.3 Å². The van der Waals surface area contributed by atoms with Gasteiger partial charge in [0.15, 0.2) is 0 Å². The van der Waals surface area contributed by atoms with Crippen LogP contribution in [0.2, 0.25) is 0 Å². The standard InChI is InChI=1S/C16H24N2O2/c1-11(2)10-16(4,15(17)20)18-14(19)12(3)13-8-6-5-7-9-13/h5-9,11-12H,10H2,1-4H3,(H2,17,20)(H,18,19)/t12-,16+/m1/s1. The van der Waals surface area contributed by atoms with Gasteiger partial charge in [-0.25, -0.2) is 0 Å². The summed E-state index contributed by atoms with van der Waals surface area (Å²) in [6.07, 6.45) is 0.523. The van der Waals surface area contributed by atoms with Gasteiger partial charge in [0, 0.05) is 0 Å². The Kier molecular flexibility index (Phi) is 5.31. The molecule has 0 bridgehead atoms. The van der Waals surface area contributed by atoms with Crippen molar-refractivity contribution >= 4 is 11.8 Å². The quantitative estimate of drug-likeness (QED) is 0.836. The summed E-state index contributed by atoms with van der Waals surface area (Å²) in [5.74, 6) is -0.736. The van der Waals surface area contributed by atoms with Crippen molar-refractivity contribution in [1.82, 2.24) is 5.32 Å². The van der Waals surface area contributed by atoms with Crippen molar-refractivity contribution in [3.8, 4) is 0 Å². The number of nitrogens with one attached hydrogen (secondary N) is 1. The van der Waals surface area contributed by atoms with Gasteiger partial charge in [-0.3, -0.25) is 9.59 Å². The second-order valence-corrected chi connectivity index (χ2v) is 5.92. The number of nitrogens with two attached hydrogens (primary N) is 1. The van der Waals surface area contributed by atoms with E-state index in [0.717, 1.165) is 5.56 Å². The molecule has 0 unspecified atom stereocenters. The Bertz CT molecular complexity index is 471. The summed E-state index contributed by atoms with van der Waals surface area (Å²) in [6.45, 7) is 7.49. The molecule has 0 fully saturated rings. The lowest BCUT2D eigenvalue weighted by Crippen LogP contribution is -2.56. The summed E-state index contributed by atoms with van der Waals surface area (Å²) >= 11 is 0. The lowest BCUT2D eigenvalue weighted by Gasteiger charge is -2.30. The Morgan fingerprint density at radius 2 is 1.75 bits per heavy atom. The second kappa shape index (κ2) is 6.55. The van der Waals surface area contributed by atoms with Crippen LogP contribution in [0.5, 0.6) is 0 Å². The van der Waals surface area contributed by atoms with E-state index in [1.807, 2.05) is 51.1 Å². The Morgan fingerprint density at radius 3 is 2.20 bits per heavy atom. The number of hydrogen-bond acceptors (Lipinski definition) is 2. The molecule has 3 N–H and O–H groups in total. The third kappa shape index (κ3) is 4.08. The summed E-state index contributed by atoms with van der Waals surface area (Å²) < 4.78 is 0. The molecular formula is C16H24N2O2. The van der Waals surface area contributed by atoms with Crippen molar-refractivity contribution < 1.29 is 9.59 Å². The predicted octanol–water partition coefficient (Wildman–Crippen LogP) is 2.20. The van der Waals surface area contributed by atoms with Crippen LogP contribution in [-0.4, -0.2) is 17.4 Å². The van der Waals surface area contributed by atoms with Crippen LogP contribution in [0.25, 0.3) is 0 Å². The first-order valence-electron chi connectivity index (χ1n) is 6.93. The third-order valence-electron chi connectivity index (χ3n) is 3.45. The normalized spacial score (nSPS) is 15.4. The van der Waals surface area contributed by atoms with Gasteiger partial charge in [0.2, 0.25) is 11.8 Å². The fourth-order valence-electron chi connectivity index (χ4n) is 2.30. The van der Waals surface area contributed by atoms with Crippen molar-refractivity contribution in [2.24, 2.45) is 11.7 Å². The molecule has 0 aliphatic rings. The van der Waals surface area contributed by atoms with Gasteiger partial charge < -0.3 is 11.1 Å². The highest BCUT2D eigenvalue weighted by atomic mass is 16.2. The van der Waals surface area contributed by atoms with E-state index in [-0.39, 0.29) is 17.7 Å². The Hall–Kier alpha value is -1.84. The first-order chi connectivity index (χ1) is 9.26. The van der Waals surface area contributed by atoms with Gasteiger partial charge in [0.05, 0.1) is 5.92 Å². The molecule has 4 heteroatoms. The van der Waals surface area contributed by atoms with E-state index in [1.54, 1.807) is 6.92 Å². The number of amides is 2. The fraction of sp³-hybridized carbons (Fsp3) is 0.500. The predicted molar refractivity (Wildman–Crippen MR) is 80.1 cm³/mol. The molecule has 0 aromatic heterocycles. The molecule has 0 aliphatic heterocycles. The summed E-state index contributed by atoms with van der Waals surface area (Å²) in [4.78, 5) is 24.0. The zero-order valence-corrected chi connectivity index (χ0v) is 12.6. The van der Waals surface area contributed by atoms with Crippen LogP contribution >= 0.6 is 0 Å². The smallest absolute Gasteiger partial charge is 0.242 e. The highest BCUT2D eigenvalue weighted by Crippen LogP contribution is 2.20. The molecule has 0 saturated heterocycles. The molecule has 1 aromatic carbocycles. The van der Waals surface area contributed by atoms with E-state index in [1.165, 1.54) is 0 Å². The van der Waals surface area contributed by atoms with Crippen molar-refractivity contribution in [2.45, 2.75) is 45.6 Å². The molecule has 110 valence electrons. The minimum Gasteiger partial charge on any atom is -0.368 e. The van der Waals surface area contributed by atoms with Crippen LogP contribution in [-0.2, 0) is 9.59 Å². The summed E-state index contributed by atoms with van der Waals surface area (Å²) in [5.41, 5.74) is 5.36. The molecule has 4 nitrogen and oxygen atoms in total. The van der Waals surface area contributed by atoms with E-state index in [2.05, 4.69) is 5.32 Å². The van der Waals surface area contributed by atoms with Crippen LogP contribution in [0.1, 0.15) is 45.6 Å². The van der Waals surface area contributed by atoms with Gasteiger partial charge in [-0.1, -0.05) is 44.2 Å². The van der Waals surface area contributed by atoms with Crippen molar-refractivity contribution in [1.29, 1.82) is 0 Å². The first kappa shape index (κ1) is 16.2. The lowest BCUT2D eigenvalue weighted by atomic mass is 9.88. The van der Waals surface area contributed by atoms with Gasteiger partial charge >= 0.3 is 0 Å². The van der Waals surface area contributed by atoms with Gasteiger partial charge in [-0.15, -0.1) is 0 Å². The summed E-state index contributed by atoms with van der Waals surface area (Å²) in [5, 5.41) is 2.81. The van der Waals surface area contributed by atoms with Crippen molar-refractivity contribution in [3.63, 3.8) is 0 Å². The number of rotatable bonds is 6. The Morgan fingerprint density at radius 1 is 1.20 bits per heavy atom. The lowest BCUT2D eigenvalue weighted by molar-refractivity contribution is -0.132. The molecule has 2 atom stereocenters. The number of benzene rings is 1. The molecule has 2 amide bonds. The van der Waals surface area contributed by atoms with E-state index in [4.69, 9.17) is 5.73 Å². The number of carbonyl (C=O) groups excluding carboxylic acids is 2. The second-order valence-electron chi connectivity index (χ2n) is 5.92. The van der Waals surface area contributed by atoms with E-state index >= 15 is 0 Å². The van der Waals surface area contributed by atoms with Gasteiger partial charge in [0.25, 0.3) is 0 Å². The van der Waals surface area contributed by atoms with Crippen LogP contribution < -0.4 is 11.1 Å². The Balaban J connectivity index is 2.84. The van der Waals surface area contributed by atoms with Crippen LogP contribution in [0, 0.1) is 5.92 Å². The Labute approximate surface area is 120 Å². The minimum atomic E-state index is -1.01. The van der Waals surface area contributed by atoms with E-state index in [9.17, 15) is 9.59 Å². The average molecular weight is 276 g/mol. The van der Waals surface area contributed by atoms with Crippen LogP contribution in [0.4, 0.5) is 0 Å². The van der Waals surface area contributed by atoms with E-state index < -0.39 is 11.4 Å². The first-order valence-corrected chi connectivity index (χ1v) is 6.93. The zero-order chi connectivity index (χ0) is 15.3. The zero-order valence-electron chi connectivity index (χ0n) is 12.6. The number of primary amides is 1. The van der Waals surface area contributed by atoms with Crippen molar-refractivity contribution in [2.75, 3.05) is 0 Å².